The van der Waals surface area contributed by atoms with E-state index in [0.717, 1.165) is 11.1 Å². The smallest absolute Gasteiger partial charge is 0.307 e. The van der Waals surface area contributed by atoms with Crippen LogP contribution in [0.1, 0.15) is 46.0 Å². The van der Waals surface area contributed by atoms with Gasteiger partial charge in [0.1, 0.15) is 5.82 Å². The molecule has 5 nitrogen and oxygen atoms in total. The van der Waals surface area contributed by atoms with Gasteiger partial charge >= 0.3 is 5.97 Å². The average Bonchev–Trinajstić information content (AvgIpc) is 2.79. The fourth-order valence-electron chi connectivity index (χ4n) is 3.16. The molecule has 1 amide bonds. The largest absolute Gasteiger partial charge is 0.447 e. The van der Waals surface area contributed by atoms with Crippen molar-refractivity contribution < 1.29 is 23.5 Å². The Kier molecular flexibility index (Phi) is 7.49. The number of anilines is 1. The summed E-state index contributed by atoms with van der Waals surface area (Å²) in [4.78, 5) is 37.7. The zero-order chi connectivity index (χ0) is 23.1. The van der Waals surface area contributed by atoms with Gasteiger partial charge in [-0.1, -0.05) is 42.5 Å². The monoisotopic (exact) mass is 433 g/mol. The first kappa shape index (κ1) is 22.9. The number of esters is 1. The van der Waals surface area contributed by atoms with E-state index >= 15 is 0 Å². The van der Waals surface area contributed by atoms with Crippen molar-refractivity contribution in [3.05, 3.63) is 101 Å². The van der Waals surface area contributed by atoms with Gasteiger partial charge in [-0.05, 0) is 55.3 Å². The zero-order valence-corrected chi connectivity index (χ0v) is 17.9. The number of carbonyl (C=O) groups is 3. The molecule has 32 heavy (non-hydrogen) atoms. The van der Waals surface area contributed by atoms with Crippen molar-refractivity contribution in [2.45, 2.75) is 32.8 Å². The molecule has 3 aromatic rings. The number of aryl methyl sites for hydroxylation is 2. The number of benzene rings is 3. The van der Waals surface area contributed by atoms with Crippen LogP contribution in [0.4, 0.5) is 10.1 Å². The fourth-order valence-corrected chi connectivity index (χ4v) is 3.16. The minimum absolute atomic E-state index is 0.107. The van der Waals surface area contributed by atoms with Gasteiger partial charge in [0.05, 0.1) is 6.42 Å². The summed E-state index contributed by atoms with van der Waals surface area (Å²) in [5.41, 5.74) is 3.34. The van der Waals surface area contributed by atoms with Gasteiger partial charge in [-0.2, -0.15) is 0 Å². The lowest BCUT2D eigenvalue weighted by atomic mass is 10.1. The SMILES string of the molecule is Cc1ccc(C)c(NC(=O)C(OC(=O)CCC(=O)c2ccc(F)cc2)c2ccccc2)c1. The van der Waals surface area contributed by atoms with Crippen LogP contribution < -0.4 is 5.32 Å². The molecule has 1 atom stereocenters. The van der Waals surface area contributed by atoms with Gasteiger partial charge in [-0.15, -0.1) is 0 Å². The maximum atomic E-state index is 13.0. The van der Waals surface area contributed by atoms with Crippen molar-refractivity contribution >= 4 is 23.3 Å². The first-order chi connectivity index (χ1) is 15.3. The Labute approximate surface area is 186 Å². The Balaban J connectivity index is 1.69. The van der Waals surface area contributed by atoms with Gasteiger partial charge < -0.3 is 10.1 Å². The molecule has 0 radical (unpaired) electrons. The standard InChI is InChI=1S/C26H24FNO4/c1-17-8-9-18(2)22(16-17)28-26(31)25(20-6-4-3-5-7-20)32-24(30)15-14-23(29)19-10-12-21(27)13-11-19/h3-13,16,25H,14-15H2,1-2H3,(H,28,31). The molecule has 0 spiro atoms. The van der Waals surface area contributed by atoms with Gasteiger partial charge in [0.2, 0.25) is 6.10 Å². The highest BCUT2D eigenvalue weighted by Gasteiger charge is 2.26. The number of hydrogen-bond donors (Lipinski definition) is 1. The highest BCUT2D eigenvalue weighted by atomic mass is 19.1. The third-order valence-electron chi connectivity index (χ3n) is 4.96. The number of amides is 1. The van der Waals surface area contributed by atoms with Crippen LogP contribution >= 0.6 is 0 Å². The predicted octanol–water partition coefficient (Wildman–Crippen LogP) is 5.33. The molecular weight excluding hydrogens is 409 g/mol. The minimum Gasteiger partial charge on any atom is -0.447 e. The molecule has 0 aliphatic heterocycles. The number of halogens is 1. The van der Waals surface area contributed by atoms with Gasteiger partial charge in [-0.3, -0.25) is 14.4 Å². The minimum atomic E-state index is -1.16. The molecule has 3 rings (SSSR count). The van der Waals surface area contributed by atoms with Crippen molar-refractivity contribution in [3.8, 4) is 0 Å². The first-order valence-corrected chi connectivity index (χ1v) is 10.2. The molecule has 0 fully saturated rings. The second-order valence-electron chi connectivity index (χ2n) is 7.52. The molecule has 0 aromatic heterocycles. The Morgan fingerprint density at radius 1 is 0.906 bits per heavy atom. The van der Waals surface area contributed by atoms with Crippen LogP contribution in [-0.4, -0.2) is 17.7 Å². The molecule has 6 heteroatoms. The first-order valence-electron chi connectivity index (χ1n) is 10.2. The quantitative estimate of drug-likeness (QED) is 0.385. The Morgan fingerprint density at radius 2 is 1.59 bits per heavy atom. The summed E-state index contributed by atoms with van der Waals surface area (Å²) in [5, 5.41) is 2.83. The van der Waals surface area contributed by atoms with Crippen LogP contribution in [0.5, 0.6) is 0 Å². The van der Waals surface area contributed by atoms with Crippen molar-refractivity contribution in [2.24, 2.45) is 0 Å². The molecule has 0 bridgehead atoms. The molecular formula is C26H24FNO4. The van der Waals surface area contributed by atoms with Crippen molar-refractivity contribution in [3.63, 3.8) is 0 Å². The van der Waals surface area contributed by atoms with Crippen molar-refractivity contribution in [2.75, 3.05) is 5.32 Å². The molecule has 164 valence electrons. The summed E-state index contributed by atoms with van der Waals surface area (Å²) in [7, 11) is 0. The van der Waals surface area contributed by atoms with Crippen molar-refractivity contribution in [1.29, 1.82) is 0 Å². The lowest BCUT2D eigenvalue weighted by molar-refractivity contribution is -0.154. The van der Waals surface area contributed by atoms with Gasteiger partial charge in [0, 0.05) is 23.2 Å². The molecule has 1 N–H and O–H groups in total. The topological polar surface area (TPSA) is 72.5 Å². The molecule has 0 heterocycles. The van der Waals surface area contributed by atoms with E-state index in [2.05, 4.69) is 5.32 Å². The summed E-state index contributed by atoms with van der Waals surface area (Å²) in [6, 6.07) is 19.5. The van der Waals surface area contributed by atoms with E-state index in [9.17, 15) is 18.8 Å². The summed E-state index contributed by atoms with van der Waals surface area (Å²) < 4.78 is 18.5. The number of carbonyl (C=O) groups excluding carboxylic acids is 3. The number of Topliss-reactive ketones (excluding diaryl/α,β-unsaturated/α-hetero) is 1. The summed E-state index contributed by atoms with van der Waals surface area (Å²) in [5.74, 6) is -1.91. The highest BCUT2D eigenvalue weighted by molar-refractivity contribution is 5.98. The van der Waals surface area contributed by atoms with E-state index in [4.69, 9.17) is 4.74 Å². The molecule has 0 aliphatic rings. The summed E-state index contributed by atoms with van der Waals surface area (Å²) in [6.07, 6.45) is -1.47. The lowest BCUT2D eigenvalue weighted by Crippen LogP contribution is -2.26. The zero-order valence-electron chi connectivity index (χ0n) is 17.9. The Hall–Kier alpha value is -3.80. The normalized spacial score (nSPS) is 11.5. The number of ketones is 1. The third-order valence-corrected chi connectivity index (χ3v) is 4.96. The molecule has 0 saturated carbocycles. The number of hydrogen-bond acceptors (Lipinski definition) is 4. The van der Waals surface area contributed by atoms with E-state index in [1.165, 1.54) is 24.3 Å². The Morgan fingerprint density at radius 3 is 2.28 bits per heavy atom. The second-order valence-corrected chi connectivity index (χ2v) is 7.52. The third kappa shape index (κ3) is 6.11. The number of ether oxygens (including phenoxy) is 1. The van der Waals surface area contributed by atoms with Crippen molar-refractivity contribution in [1.82, 2.24) is 0 Å². The Bertz CT molecular complexity index is 1110. The summed E-state index contributed by atoms with van der Waals surface area (Å²) >= 11 is 0. The fraction of sp³-hybridized carbons (Fsp3) is 0.192. The molecule has 0 aliphatic carbocycles. The average molecular weight is 433 g/mol. The maximum absolute atomic E-state index is 13.0. The molecule has 1 unspecified atom stereocenters. The summed E-state index contributed by atoms with van der Waals surface area (Å²) in [6.45, 7) is 3.79. The van der Waals surface area contributed by atoms with Crippen LogP contribution in [-0.2, 0) is 14.3 Å². The van der Waals surface area contributed by atoms with Gasteiger partial charge in [0.25, 0.3) is 5.91 Å². The predicted molar refractivity (Wildman–Crippen MR) is 120 cm³/mol. The van der Waals surface area contributed by atoms with E-state index in [0.29, 0.717) is 16.8 Å². The van der Waals surface area contributed by atoms with E-state index in [-0.39, 0.29) is 18.6 Å². The van der Waals surface area contributed by atoms with Crippen LogP contribution in [0.2, 0.25) is 0 Å². The van der Waals surface area contributed by atoms with E-state index in [1.807, 2.05) is 32.0 Å². The van der Waals surface area contributed by atoms with Crippen LogP contribution in [0.25, 0.3) is 0 Å². The molecule has 0 saturated heterocycles. The maximum Gasteiger partial charge on any atom is 0.307 e. The number of rotatable bonds is 8. The van der Waals surface area contributed by atoms with E-state index < -0.39 is 23.8 Å². The van der Waals surface area contributed by atoms with E-state index in [1.54, 1.807) is 30.3 Å². The van der Waals surface area contributed by atoms with Crippen LogP contribution in [0.3, 0.4) is 0 Å². The highest BCUT2D eigenvalue weighted by Crippen LogP contribution is 2.23. The lowest BCUT2D eigenvalue weighted by Gasteiger charge is -2.19. The van der Waals surface area contributed by atoms with Gasteiger partial charge in [0.15, 0.2) is 5.78 Å². The van der Waals surface area contributed by atoms with Crippen LogP contribution in [0, 0.1) is 19.7 Å². The molecule has 3 aromatic carbocycles. The van der Waals surface area contributed by atoms with Crippen LogP contribution in [0.15, 0.2) is 72.8 Å². The number of nitrogens with one attached hydrogen (secondary N) is 1. The van der Waals surface area contributed by atoms with Gasteiger partial charge in [-0.25, -0.2) is 4.39 Å². The second kappa shape index (κ2) is 10.5.